The van der Waals surface area contributed by atoms with Gasteiger partial charge in [-0.1, -0.05) is 61.6 Å². The molecule has 1 fully saturated rings. The normalized spacial score (nSPS) is 18.9. The minimum Gasteiger partial charge on any atom is -0.0654 e. The molecular formula is C14H22Si. The van der Waals surface area contributed by atoms with Gasteiger partial charge in [-0.3, -0.25) is 0 Å². The highest BCUT2D eigenvalue weighted by Gasteiger charge is 2.33. The summed E-state index contributed by atoms with van der Waals surface area (Å²) >= 11 is 0. The molecule has 1 atom stereocenters. The predicted octanol–water partition coefficient (Wildman–Crippen LogP) is 3.65. The van der Waals surface area contributed by atoms with E-state index >= 15 is 0 Å². The minimum atomic E-state index is -1.17. The Labute approximate surface area is 94.7 Å². The second-order valence-electron chi connectivity index (χ2n) is 5.77. The molecule has 0 heterocycles. The third kappa shape index (κ3) is 2.72. The third-order valence-corrected chi connectivity index (χ3v) is 7.38. The Bertz CT molecular complexity index is 311. The summed E-state index contributed by atoms with van der Waals surface area (Å²) in [7, 11) is -1.17. The summed E-state index contributed by atoms with van der Waals surface area (Å²) in [6.07, 6.45) is 2.97. The van der Waals surface area contributed by atoms with Gasteiger partial charge in [-0.2, -0.15) is 0 Å². The standard InChI is InChI=1S/C14H22Si/c1-12(13-9-10-13)11-15(2,3)14-7-5-4-6-8-14/h4-8,12-13H,9-11H2,1-3H3. The first-order chi connectivity index (χ1) is 7.09. The predicted molar refractivity (Wildman–Crippen MR) is 70.3 cm³/mol. The van der Waals surface area contributed by atoms with E-state index in [1.807, 2.05) is 0 Å². The van der Waals surface area contributed by atoms with Crippen LogP contribution in [0.3, 0.4) is 0 Å². The van der Waals surface area contributed by atoms with Crippen LogP contribution in [0.4, 0.5) is 0 Å². The lowest BCUT2D eigenvalue weighted by molar-refractivity contribution is 0.556. The molecule has 0 N–H and O–H groups in total. The van der Waals surface area contributed by atoms with Crippen molar-refractivity contribution in [1.82, 2.24) is 0 Å². The molecule has 0 nitrogen and oxygen atoms in total. The maximum Gasteiger partial charge on any atom is 0.0809 e. The number of benzene rings is 1. The van der Waals surface area contributed by atoms with E-state index in [0.717, 1.165) is 11.8 Å². The lowest BCUT2D eigenvalue weighted by atomic mass is 10.1. The van der Waals surface area contributed by atoms with Crippen LogP contribution in [-0.2, 0) is 0 Å². The molecule has 1 aliphatic carbocycles. The number of hydrogen-bond donors (Lipinski definition) is 0. The van der Waals surface area contributed by atoms with Crippen molar-refractivity contribution in [3.05, 3.63) is 30.3 Å². The monoisotopic (exact) mass is 218 g/mol. The summed E-state index contributed by atoms with van der Waals surface area (Å²) in [5.41, 5.74) is 0. The average molecular weight is 218 g/mol. The largest absolute Gasteiger partial charge is 0.0809 e. The molecule has 2 rings (SSSR count). The van der Waals surface area contributed by atoms with Crippen molar-refractivity contribution >= 4 is 13.3 Å². The van der Waals surface area contributed by atoms with E-state index in [1.165, 1.54) is 18.9 Å². The second-order valence-corrected chi connectivity index (χ2v) is 10.5. The minimum absolute atomic E-state index is 0.951. The molecule has 0 radical (unpaired) electrons. The summed E-state index contributed by atoms with van der Waals surface area (Å²) in [6, 6.07) is 12.6. The van der Waals surface area contributed by atoms with Crippen LogP contribution in [0.15, 0.2) is 30.3 Å². The molecule has 0 saturated heterocycles. The molecular weight excluding hydrogens is 196 g/mol. The van der Waals surface area contributed by atoms with Crippen LogP contribution >= 0.6 is 0 Å². The average Bonchev–Trinajstić information content (AvgIpc) is 3.01. The first kappa shape index (κ1) is 10.9. The second kappa shape index (κ2) is 4.13. The van der Waals surface area contributed by atoms with Crippen molar-refractivity contribution in [2.45, 2.75) is 38.9 Å². The molecule has 1 aromatic carbocycles. The summed E-state index contributed by atoms with van der Waals surface area (Å²) in [4.78, 5) is 0. The van der Waals surface area contributed by atoms with Gasteiger partial charge in [-0.05, 0) is 24.7 Å². The van der Waals surface area contributed by atoms with Gasteiger partial charge in [0.2, 0.25) is 0 Å². The van der Waals surface area contributed by atoms with Gasteiger partial charge in [0.25, 0.3) is 0 Å². The van der Waals surface area contributed by atoms with Gasteiger partial charge < -0.3 is 0 Å². The maximum absolute atomic E-state index is 2.52. The van der Waals surface area contributed by atoms with Crippen molar-refractivity contribution in [1.29, 1.82) is 0 Å². The maximum atomic E-state index is 2.52. The Kier molecular flexibility index (Phi) is 3.01. The molecule has 0 aromatic heterocycles. The van der Waals surface area contributed by atoms with Gasteiger partial charge in [0.15, 0.2) is 0 Å². The van der Waals surface area contributed by atoms with E-state index in [4.69, 9.17) is 0 Å². The zero-order chi connectivity index (χ0) is 10.9. The van der Waals surface area contributed by atoms with Crippen LogP contribution in [0.1, 0.15) is 19.8 Å². The van der Waals surface area contributed by atoms with Gasteiger partial charge in [0, 0.05) is 0 Å². The quantitative estimate of drug-likeness (QED) is 0.677. The summed E-state index contributed by atoms with van der Waals surface area (Å²) in [5, 5.41) is 1.62. The molecule has 0 spiro atoms. The van der Waals surface area contributed by atoms with Gasteiger partial charge in [-0.15, -0.1) is 0 Å². The molecule has 1 aliphatic rings. The fourth-order valence-corrected chi connectivity index (χ4v) is 5.92. The molecule has 1 aromatic rings. The van der Waals surface area contributed by atoms with E-state index in [9.17, 15) is 0 Å². The van der Waals surface area contributed by atoms with Crippen LogP contribution in [0, 0.1) is 11.8 Å². The molecule has 1 heteroatoms. The zero-order valence-corrected chi connectivity index (χ0v) is 11.2. The van der Waals surface area contributed by atoms with Crippen molar-refractivity contribution in [2.24, 2.45) is 11.8 Å². The van der Waals surface area contributed by atoms with Crippen LogP contribution in [-0.4, -0.2) is 8.07 Å². The van der Waals surface area contributed by atoms with E-state index in [0.29, 0.717) is 0 Å². The molecule has 0 amide bonds. The van der Waals surface area contributed by atoms with E-state index < -0.39 is 8.07 Å². The number of rotatable bonds is 4. The fraction of sp³-hybridized carbons (Fsp3) is 0.571. The highest BCUT2D eigenvalue weighted by Crippen LogP contribution is 2.40. The SMILES string of the molecule is CC(C[Si](C)(C)c1ccccc1)C1CC1. The van der Waals surface area contributed by atoms with Crippen LogP contribution in [0.2, 0.25) is 19.1 Å². The molecule has 0 aliphatic heterocycles. The fourth-order valence-electron chi connectivity index (χ4n) is 2.64. The Hall–Kier alpha value is -0.563. The third-order valence-electron chi connectivity index (χ3n) is 3.81. The molecule has 0 bridgehead atoms. The first-order valence-electron chi connectivity index (χ1n) is 6.15. The van der Waals surface area contributed by atoms with Crippen molar-refractivity contribution in [3.8, 4) is 0 Å². The van der Waals surface area contributed by atoms with Gasteiger partial charge in [0.05, 0.1) is 8.07 Å². The van der Waals surface area contributed by atoms with Crippen LogP contribution in [0.25, 0.3) is 0 Å². The summed E-state index contributed by atoms with van der Waals surface area (Å²) < 4.78 is 0. The molecule has 15 heavy (non-hydrogen) atoms. The molecule has 82 valence electrons. The topological polar surface area (TPSA) is 0 Å². The van der Waals surface area contributed by atoms with Crippen molar-refractivity contribution in [3.63, 3.8) is 0 Å². The lowest BCUT2D eigenvalue weighted by Gasteiger charge is -2.26. The molecule has 1 saturated carbocycles. The Morgan fingerprint density at radius 3 is 2.33 bits per heavy atom. The molecule has 1 unspecified atom stereocenters. The van der Waals surface area contributed by atoms with Crippen LogP contribution in [0.5, 0.6) is 0 Å². The first-order valence-corrected chi connectivity index (χ1v) is 9.36. The zero-order valence-electron chi connectivity index (χ0n) is 10.2. The highest BCUT2D eigenvalue weighted by molar-refractivity contribution is 6.89. The summed E-state index contributed by atoms with van der Waals surface area (Å²) in [5.74, 6) is 2.01. The highest BCUT2D eigenvalue weighted by atomic mass is 28.3. The van der Waals surface area contributed by atoms with Crippen LogP contribution < -0.4 is 5.19 Å². The number of hydrogen-bond acceptors (Lipinski definition) is 0. The van der Waals surface area contributed by atoms with Gasteiger partial charge in [-0.25, -0.2) is 0 Å². The smallest absolute Gasteiger partial charge is 0.0654 e. The van der Waals surface area contributed by atoms with Gasteiger partial charge in [0.1, 0.15) is 0 Å². The van der Waals surface area contributed by atoms with Crippen molar-refractivity contribution in [2.75, 3.05) is 0 Å². The summed E-state index contributed by atoms with van der Waals surface area (Å²) in [6.45, 7) is 7.48. The van der Waals surface area contributed by atoms with Crippen molar-refractivity contribution < 1.29 is 0 Å². The Morgan fingerprint density at radius 1 is 1.20 bits per heavy atom. The Morgan fingerprint density at radius 2 is 1.80 bits per heavy atom. The van der Waals surface area contributed by atoms with E-state index in [1.54, 1.807) is 5.19 Å². The van der Waals surface area contributed by atoms with E-state index in [-0.39, 0.29) is 0 Å². The Balaban J connectivity index is 2.05. The lowest BCUT2D eigenvalue weighted by Crippen LogP contribution is -2.42. The van der Waals surface area contributed by atoms with E-state index in [2.05, 4.69) is 50.3 Å². The van der Waals surface area contributed by atoms with Gasteiger partial charge >= 0.3 is 0 Å².